The number of benzene rings is 1. The molecule has 1 aromatic carbocycles. The zero-order valence-corrected chi connectivity index (χ0v) is 21.7. The molecule has 1 aliphatic rings. The molecule has 1 atom stereocenters. The molecule has 1 aliphatic carbocycles. The number of nitrogens with one attached hydrogen (secondary N) is 1. The summed E-state index contributed by atoms with van der Waals surface area (Å²) in [5.74, 6) is 0.0304. The van der Waals surface area contributed by atoms with Gasteiger partial charge in [0, 0.05) is 16.6 Å². The zero-order chi connectivity index (χ0) is 24.9. The van der Waals surface area contributed by atoms with Crippen molar-refractivity contribution in [1.82, 2.24) is 25.5 Å². The molecule has 8 nitrogen and oxygen atoms in total. The van der Waals surface area contributed by atoms with Gasteiger partial charge >= 0.3 is 0 Å². The molecular weight excluding hydrogens is 492 g/mol. The van der Waals surface area contributed by atoms with Crippen molar-refractivity contribution in [3.8, 4) is 10.7 Å². The maximum atomic E-state index is 13.9. The molecule has 0 unspecified atom stereocenters. The Morgan fingerprint density at radius 3 is 2.50 bits per heavy atom. The number of anilines is 1. The topological polar surface area (TPSA) is 93.0 Å². The number of carbonyl (C=O) groups is 2. The van der Waals surface area contributed by atoms with Crippen molar-refractivity contribution in [3.05, 3.63) is 69.7 Å². The number of aromatic nitrogens is 4. The molecule has 1 fully saturated rings. The van der Waals surface area contributed by atoms with Gasteiger partial charge in [-0.2, -0.15) is 4.80 Å². The zero-order valence-electron chi connectivity index (χ0n) is 20.0. The van der Waals surface area contributed by atoms with Crippen LogP contribution in [0.2, 0.25) is 0 Å². The molecule has 0 spiro atoms. The Hall–Kier alpha value is -3.37. The van der Waals surface area contributed by atoms with Gasteiger partial charge in [-0.05, 0) is 65.1 Å². The van der Waals surface area contributed by atoms with Crippen LogP contribution in [0.5, 0.6) is 0 Å². The van der Waals surface area contributed by atoms with Crippen LogP contribution in [0.1, 0.15) is 49.1 Å². The SMILES string of the molecule is CCc1ccc(N(C(=O)Cn2nnc(-c3cccs3)n2)[C@H](C(=O)NC2CCCC2)c2cccs2)cc1. The van der Waals surface area contributed by atoms with Gasteiger partial charge in [-0.3, -0.25) is 14.5 Å². The smallest absolute Gasteiger partial charge is 0.251 e. The van der Waals surface area contributed by atoms with E-state index in [0.717, 1.165) is 47.4 Å². The summed E-state index contributed by atoms with van der Waals surface area (Å²) in [5, 5.41) is 19.7. The van der Waals surface area contributed by atoms with Gasteiger partial charge in [-0.15, -0.1) is 32.9 Å². The predicted octanol–water partition coefficient (Wildman–Crippen LogP) is 4.86. The molecule has 36 heavy (non-hydrogen) atoms. The summed E-state index contributed by atoms with van der Waals surface area (Å²) in [6.07, 6.45) is 5.05. The van der Waals surface area contributed by atoms with Crippen LogP contribution in [0.25, 0.3) is 10.7 Å². The van der Waals surface area contributed by atoms with Crippen LogP contribution in [0, 0.1) is 0 Å². The second kappa shape index (κ2) is 11.1. The van der Waals surface area contributed by atoms with Gasteiger partial charge < -0.3 is 5.32 Å². The van der Waals surface area contributed by atoms with Gasteiger partial charge in [0.1, 0.15) is 12.6 Å². The van der Waals surface area contributed by atoms with Crippen molar-refractivity contribution >= 4 is 40.2 Å². The first-order valence-electron chi connectivity index (χ1n) is 12.2. The summed E-state index contributed by atoms with van der Waals surface area (Å²) in [4.78, 5) is 32.1. The Morgan fingerprint density at radius 2 is 1.83 bits per heavy atom. The third-order valence-corrected chi connectivity index (χ3v) is 8.17. The van der Waals surface area contributed by atoms with Crippen molar-refractivity contribution in [2.75, 3.05) is 4.90 Å². The summed E-state index contributed by atoms with van der Waals surface area (Å²) < 4.78 is 0. The number of hydrogen-bond donors (Lipinski definition) is 1. The van der Waals surface area contributed by atoms with Crippen molar-refractivity contribution in [3.63, 3.8) is 0 Å². The minimum absolute atomic E-state index is 0.132. The van der Waals surface area contributed by atoms with Gasteiger partial charge in [0.25, 0.3) is 5.91 Å². The van der Waals surface area contributed by atoms with E-state index in [1.165, 1.54) is 27.5 Å². The first-order chi connectivity index (χ1) is 17.6. The van der Waals surface area contributed by atoms with Crippen LogP contribution in [0.15, 0.2) is 59.3 Å². The van der Waals surface area contributed by atoms with Crippen LogP contribution in [0.4, 0.5) is 5.69 Å². The van der Waals surface area contributed by atoms with Crippen molar-refractivity contribution in [1.29, 1.82) is 0 Å². The average molecular weight is 521 g/mol. The van der Waals surface area contributed by atoms with E-state index in [9.17, 15) is 9.59 Å². The lowest BCUT2D eigenvalue weighted by Gasteiger charge is -2.31. The highest BCUT2D eigenvalue weighted by molar-refractivity contribution is 7.13. The molecule has 3 aromatic heterocycles. The molecule has 1 N–H and O–H groups in total. The van der Waals surface area contributed by atoms with Gasteiger partial charge in [-0.25, -0.2) is 0 Å². The minimum Gasteiger partial charge on any atom is -0.351 e. The highest BCUT2D eigenvalue weighted by Gasteiger charge is 2.35. The highest BCUT2D eigenvalue weighted by atomic mass is 32.1. The van der Waals surface area contributed by atoms with Crippen LogP contribution in [0.3, 0.4) is 0 Å². The molecule has 1 saturated carbocycles. The summed E-state index contributed by atoms with van der Waals surface area (Å²) >= 11 is 2.98. The van der Waals surface area contributed by atoms with Crippen molar-refractivity contribution < 1.29 is 9.59 Å². The Bertz CT molecular complexity index is 1280. The monoisotopic (exact) mass is 520 g/mol. The molecule has 186 valence electrons. The molecule has 0 bridgehead atoms. The van der Waals surface area contributed by atoms with Gasteiger partial charge in [0.2, 0.25) is 11.7 Å². The van der Waals surface area contributed by atoms with Crippen LogP contribution >= 0.6 is 22.7 Å². The molecule has 5 rings (SSSR count). The van der Waals surface area contributed by atoms with E-state index in [-0.39, 0.29) is 24.4 Å². The number of rotatable bonds is 9. The fourth-order valence-corrected chi connectivity index (χ4v) is 5.97. The fraction of sp³-hybridized carbons (Fsp3) is 0.346. The number of aryl methyl sites for hydroxylation is 1. The summed E-state index contributed by atoms with van der Waals surface area (Å²) in [6.45, 7) is 1.95. The molecule has 0 aliphatic heterocycles. The van der Waals surface area contributed by atoms with E-state index in [1.54, 1.807) is 4.90 Å². The predicted molar refractivity (Wildman–Crippen MR) is 142 cm³/mol. The Kier molecular flexibility index (Phi) is 7.52. The van der Waals surface area contributed by atoms with E-state index in [1.807, 2.05) is 59.3 Å². The van der Waals surface area contributed by atoms with Gasteiger partial charge in [0.15, 0.2) is 0 Å². The maximum absolute atomic E-state index is 13.9. The lowest BCUT2D eigenvalue weighted by molar-refractivity contribution is -0.127. The van der Waals surface area contributed by atoms with Gasteiger partial charge in [0.05, 0.1) is 4.88 Å². The van der Waals surface area contributed by atoms with Gasteiger partial charge in [-0.1, -0.05) is 44.0 Å². The second-order valence-corrected chi connectivity index (χ2v) is 10.7. The molecule has 2 amide bonds. The van der Waals surface area contributed by atoms with Crippen molar-refractivity contribution in [2.45, 2.75) is 57.7 Å². The first kappa shape index (κ1) is 24.3. The summed E-state index contributed by atoms with van der Waals surface area (Å²) in [5.41, 5.74) is 1.82. The third kappa shape index (κ3) is 5.39. The lowest BCUT2D eigenvalue weighted by Crippen LogP contribution is -2.47. The Labute approximate surface area is 218 Å². The maximum Gasteiger partial charge on any atom is 0.251 e. The summed E-state index contributed by atoms with van der Waals surface area (Å²) in [7, 11) is 0. The quantitative estimate of drug-likeness (QED) is 0.340. The molecular formula is C26H28N6O2S2. The van der Waals surface area contributed by atoms with Crippen LogP contribution in [-0.2, 0) is 22.6 Å². The normalized spacial score (nSPS) is 14.6. The largest absolute Gasteiger partial charge is 0.351 e. The third-order valence-electron chi connectivity index (χ3n) is 6.38. The molecule has 3 heterocycles. The fourth-order valence-electron chi connectivity index (χ4n) is 4.51. The second-order valence-electron chi connectivity index (χ2n) is 8.81. The van der Waals surface area contributed by atoms with E-state index in [0.29, 0.717) is 11.5 Å². The number of hydrogen-bond acceptors (Lipinski definition) is 7. The summed E-state index contributed by atoms with van der Waals surface area (Å²) in [6, 6.07) is 14.8. The van der Waals surface area contributed by atoms with E-state index < -0.39 is 6.04 Å². The van der Waals surface area contributed by atoms with Crippen LogP contribution < -0.4 is 10.2 Å². The van der Waals surface area contributed by atoms with E-state index in [2.05, 4.69) is 27.7 Å². The number of nitrogens with zero attached hydrogens (tertiary/aromatic N) is 5. The first-order valence-corrected chi connectivity index (χ1v) is 13.9. The lowest BCUT2D eigenvalue weighted by atomic mass is 10.1. The average Bonchev–Trinajstić information content (AvgIpc) is 3.70. The molecule has 10 heteroatoms. The number of amides is 2. The number of tetrazole rings is 1. The Morgan fingerprint density at radius 1 is 1.08 bits per heavy atom. The van der Waals surface area contributed by atoms with Crippen molar-refractivity contribution in [2.24, 2.45) is 0 Å². The Balaban J connectivity index is 1.48. The molecule has 0 radical (unpaired) electrons. The molecule has 0 saturated heterocycles. The standard InChI is InChI=1S/C26H28N6O2S2/c1-2-18-11-13-20(14-12-18)32(23(33)17-31-29-25(28-30-31)22-10-6-16-36-22)24(21-9-5-15-35-21)26(34)27-19-7-3-4-8-19/h5-6,9-16,19,24H,2-4,7-8,17H2,1H3,(H,27,34)/t24-/m0/s1. The van der Waals surface area contributed by atoms with E-state index >= 15 is 0 Å². The molecule has 4 aromatic rings. The minimum atomic E-state index is -0.786. The highest BCUT2D eigenvalue weighted by Crippen LogP contribution is 2.32. The van der Waals surface area contributed by atoms with Crippen LogP contribution in [-0.4, -0.2) is 38.1 Å². The van der Waals surface area contributed by atoms with E-state index in [4.69, 9.17) is 0 Å². The number of carbonyl (C=O) groups excluding carboxylic acids is 2. The number of thiophene rings is 2.